The highest BCUT2D eigenvalue weighted by molar-refractivity contribution is 5.39. The summed E-state index contributed by atoms with van der Waals surface area (Å²) in [6, 6.07) is 8.20. The molecule has 0 saturated carbocycles. The number of aryl methyl sites for hydroxylation is 2. The number of anilines is 1. The zero-order valence-electron chi connectivity index (χ0n) is 9.48. The highest BCUT2D eigenvalue weighted by Crippen LogP contribution is 2.27. The first-order chi connectivity index (χ1) is 8.45. The maximum absolute atomic E-state index is 12.3. The summed E-state index contributed by atoms with van der Waals surface area (Å²) in [5.41, 5.74) is 6.35. The van der Waals surface area contributed by atoms with E-state index >= 15 is 0 Å². The van der Waals surface area contributed by atoms with E-state index in [4.69, 9.17) is 5.73 Å². The molecule has 0 bridgehead atoms. The number of rotatable bonds is 3. The van der Waals surface area contributed by atoms with E-state index in [9.17, 15) is 13.2 Å². The molecule has 0 unspecified atom stereocenters. The van der Waals surface area contributed by atoms with Crippen LogP contribution in [-0.2, 0) is 19.1 Å². The first-order valence-corrected chi connectivity index (χ1v) is 5.40. The highest BCUT2D eigenvalue weighted by atomic mass is 19.4. The Labute approximate surface area is 102 Å². The Morgan fingerprint density at radius 1 is 1.11 bits per heavy atom. The smallest absolute Gasteiger partial charge is 0.399 e. The van der Waals surface area contributed by atoms with E-state index in [1.165, 1.54) is 10.9 Å². The summed E-state index contributed by atoms with van der Waals surface area (Å²) < 4.78 is 38.2. The van der Waals surface area contributed by atoms with Crippen molar-refractivity contribution in [3.05, 3.63) is 47.8 Å². The molecular weight excluding hydrogens is 243 g/mol. The molecule has 2 rings (SSSR count). The summed E-state index contributed by atoms with van der Waals surface area (Å²) in [5.74, 6) is 0. The second-order valence-electron chi connectivity index (χ2n) is 3.95. The molecule has 0 aliphatic rings. The van der Waals surface area contributed by atoms with Crippen molar-refractivity contribution in [2.45, 2.75) is 19.1 Å². The molecule has 0 aliphatic carbocycles. The van der Waals surface area contributed by atoms with Crippen molar-refractivity contribution in [3.63, 3.8) is 0 Å². The van der Waals surface area contributed by atoms with E-state index in [0.29, 0.717) is 18.7 Å². The van der Waals surface area contributed by atoms with Crippen molar-refractivity contribution in [3.8, 4) is 0 Å². The molecule has 0 amide bonds. The quantitative estimate of drug-likeness (QED) is 0.857. The summed E-state index contributed by atoms with van der Waals surface area (Å²) in [6.07, 6.45) is -2.44. The predicted molar refractivity (Wildman–Crippen MR) is 61.8 cm³/mol. The second kappa shape index (κ2) is 4.72. The topological polar surface area (TPSA) is 43.8 Å². The Balaban J connectivity index is 1.98. The largest absolute Gasteiger partial charge is 0.435 e. The maximum atomic E-state index is 12.3. The van der Waals surface area contributed by atoms with Gasteiger partial charge in [0.1, 0.15) is 0 Å². The van der Waals surface area contributed by atoms with Gasteiger partial charge in [0.2, 0.25) is 0 Å². The summed E-state index contributed by atoms with van der Waals surface area (Å²) in [4.78, 5) is 0. The van der Waals surface area contributed by atoms with Gasteiger partial charge in [0.25, 0.3) is 0 Å². The van der Waals surface area contributed by atoms with Crippen molar-refractivity contribution >= 4 is 5.69 Å². The first-order valence-electron chi connectivity index (χ1n) is 5.40. The standard InChI is InChI=1S/C12H12F3N3/c13-12(14,15)11-6-8-18(17-11)7-5-9-1-3-10(16)4-2-9/h1-4,6,8H,5,7,16H2. The van der Waals surface area contributed by atoms with Gasteiger partial charge in [0.15, 0.2) is 5.69 Å². The number of aromatic nitrogens is 2. The minimum atomic E-state index is -4.38. The molecule has 1 aromatic carbocycles. The van der Waals surface area contributed by atoms with E-state index in [1.807, 2.05) is 12.1 Å². The van der Waals surface area contributed by atoms with Gasteiger partial charge in [-0.2, -0.15) is 18.3 Å². The minimum absolute atomic E-state index is 0.403. The fraction of sp³-hybridized carbons (Fsp3) is 0.250. The van der Waals surface area contributed by atoms with Gasteiger partial charge >= 0.3 is 6.18 Å². The van der Waals surface area contributed by atoms with Crippen LogP contribution in [0.15, 0.2) is 36.5 Å². The average Bonchev–Trinajstić information content (AvgIpc) is 2.77. The van der Waals surface area contributed by atoms with Crippen LogP contribution in [0, 0.1) is 0 Å². The average molecular weight is 255 g/mol. The van der Waals surface area contributed by atoms with Gasteiger partial charge in [-0.15, -0.1) is 0 Å². The Bertz CT molecular complexity index is 514. The molecule has 18 heavy (non-hydrogen) atoms. The molecule has 2 N–H and O–H groups in total. The van der Waals surface area contributed by atoms with Gasteiger partial charge in [-0.05, 0) is 30.2 Å². The fourth-order valence-corrected chi connectivity index (χ4v) is 1.57. The normalized spacial score (nSPS) is 11.7. The number of alkyl halides is 3. The lowest BCUT2D eigenvalue weighted by Gasteiger charge is -2.04. The summed E-state index contributed by atoms with van der Waals surface area (Å²) in [5, 5.41) is 3.48. The summed E-state index contributed by atoms with van der Waals surface area (Å²) >= 11 is 0. The third-order valence-corrected chi connectivity index (χ3v) is 2.54. The molecule has 1 aromatic heterocycles. The number of hydrogen-bond donors (Lipinski definition) is 1. The number of nitrogens with two attached hydrogens (primary N) is 1. The van der Waals surface area contributed by atoms with Crippen LogP contribution < -0.4 is 5.73 Å². The molecular formula is C12H12F3N3. The number of nitrogens with zero attached hydrogens (tertiary/aromatic N) is 2. The molecule has 0 radical (unpaired) electrons. The molecule has 0 aliphatic heterocycles. The van der Waals surface area contributed by atoms with Crippen LogP contribution in [-0.4, -0.2) is 9.78 Å². The van der Waals surface area contributed by atoms with Crippen LogP contribution >= 0.6 is 0 Å². The third-order valence-electron chi connectivity index (χ3n) is 2.54. The monoisotopic (exact) mass is 255 g/mol. The van der Waals surface area contributed by atoms with Gasteiger partial charge < -0.3 is 5.73 Å². The number of halogens is 3. The van der Waals surface area contributed by atoms with Gasteiger partial charge in [-0.25, -0.2) is 0 Å². The Morgan fingerprint density at radius 3 is 2.33 bits per heavy atom. The molecule has 0 spiro atoms. The lowest BCUT2D eigenvalue weighted by molar-refractivity contribution is -0.141. The highest BCUT2D eigenvalue weighted by Gasteiger charge is 2.33. The molecule has 0 saturated heterocycles. The van der Waals surface area contributed by atoms with Crippen LogP contribution in [0.2, 0.25) is 0 Å². The molecule has 1 heterocycles. The molecule has 6 heteroatoms. The molecule has 2 aromatic rings. The predicted octanol–water partition coefficient (Wildman–Crippen LogP) is 2.73. The lowest BCUT2D eigenvalue weighted by Crippen LogP contribution is -2.08. The van der Waals surface area contributed by atoms with Gasteiger partial charge in [0.05, 0.1) is 0 Å². The molecule has 3 nitrogen and oxygen atoms in total. The first kappa shape index (κ1) is 12.5. The molecule has 0 fully saturated rings. The molecule has 96 valence electrons. The third kappa shape index (κ3) is 3.03. The van der Waals surface area contributed by atoms with E-state index < -0.39 is 11.9 Å². The molecule has 0 atom stereocenters. The maximum Gasteiger partial charge on any atom is 0.435 e. The lowest BCUT2D eigenvalue weighted by atomic mass is 10.1. The van der Waals surface area contributed by atoms with E-state index in [-0.39, 0.29) is 0 Å². The van der Waals surface area contributed by atoms with Crippen LogP contribution in [0.5, 0.6) is 0 Å². The van der Waals surface area contributed by atoms with Crippen LogP contribution in [0.3, 0.4) is 0 Å². The minimum Gasteiger partial charge on any atom is -0.399 e. The zero-order chi connectivity index (χ0) is 13.2. The van der Waals surface area contributed by atoms with Crippen molar-refractivity contribution in [2.75, 3.05) is 5.73 Å². The zero-order valence-corrected chi connectivity index (χ0v) is 9.48. The SMILES string of the molecule is Nc1ccc(CCn2ccc(C(F)(F)F)n2)cc1. The second-order valence-corrected chi connectivity index (χ2v) is 3.95. The van der Waals surface area contributed by atoms with Gasteiger partial charge in [-0.3, -0.25) is 4.68 Å². The van der Waals surface area contributed by atoms with Crippen LogP contribution in [0.25, 0.3) is 0 Å². The number of benzene rings is 1. The van der Waals surface area contributed by atoms with Crippen molar-refractivity contribution < 1.29 is 13.2 Å². The van der Waals surface area contributed by atoms with Crippen LogP contribution in [0.4, 0.5) is 18.9 Å². The Kier molecular flexibility index (Phi) is 3.27. The van der Waals surface area contributed by atoms with Gasteiger partial charge in [-0.1, -0.05) is 12.1 Å². The van der Waals surface area contributed by atoms with Gasteiger partial charge in [0, 0.05) is 18.4 Å². The number of nitrogen functional groups attached to an aromatic ring is 1. The Morgan fingerprint density at radius 2 is 1.78 bits per heavy atom. The number of hydrogen-bond acceptors (Lipinski definition) is 2. The van der Waals surface area contributed by atoms with Crippen molar-refractivity contribution in [1.29, 1.82) is 0 Å². The fourth-order valence-electron chi connectivity index (χ4n) is 1.57. The Hall–Kier alpha value is -1.98. The van der Waals surface area contributed by atoms with E-state index in [0.717, 1.165) is 11.6 Å². The van der Waals surface area contributed by atoms with Crippen LogP contribution in [0.1, 0.15) is 11.3 Å². The van der Waals surface area contributed by atoms with E-state index in [2.05, 4.69) is 5.10 Å². The van der Waals surface area contributed by atoms with Crippen molar-refractivity contribution in [2.24, 2.45) is 0 Å². The summed E-state index contributed by atoms with van der Waals surface area (Å²) in [7, 11) is 0. The van der Waals surface area contributed by atoms with Crippen molar-refractivity contribution in [1.82, 2.24) is 9.78 Å². The van der Waals surface area contributed by atoms with E-state index in [1.54, 1.807) is 12.1 Å². The summed E-state index contributed by atoms with van der Waals surface area (Å²) in [6.45, 7) is 0.403.